The van der Waals surface area contributed by atoms with Crippen molar-refractivity contribution in [3.63, 3.8) is 0 Å². The molecule has 1 aliphatic rings. The maximum absolute atomic E-state index is 12.1. The maximum atomic E-state index is 12.1. The molecular formula is C21H24N4O. The third-order valence-electron chi connectivity index (χ3n) is 5.32. The molecule has 0 atom stereocenters. The van der Waals surface area contributed by atoms with Gasteiger partial charge in [0.15, 0.2) is 0 Å². The van der Waals surface area contributed by atoms with Crippen molar-refractivity contribution >= 4 is 16.6 Å². The molecule has 134 valence electrons. The lowest BCUT2D eigenvalue weighted by molar-refractivity contribution is 0.443. The molecule has 1 aromatic carbocycles. The number of nitrogens with zero attached hydrogens (tertiary/aromatic N) is 3. The Morgan fingerprint density at radius 2 is 1.96 bits per heavy atom. The number of hydrogen-bond acceptors (Lipinski definition) is 4. The van der Waals surface area contributed by atoms with Gasteiger partial charge in [-0.25, -0.2) is 4.98 Å². The van der Waals surface area contributed by atoms with E-state index >= 15 is 0 Å². The maximum Gasteiger partial charge on any atom is 0.260 e. The van der Waals surface area contributed by atoms with Gasteiger partial charge in [-0.1, -0.05) is 25.3 Å². The molecule has 0 aliphatic heterocycles. The number of aryl methyl sites for hydroxylation is 1. The first-order valence-corrected chi connectivity index (χ1v) is 9.35. The van der Waals surface area contributed by atoms with E-state index in [1.54, 1.807) is 13.4 Å². The van der Waals surface area contributed by atoms with E-state index in [1.165, 1.54) is 42.2 Å². The predicted molar refractivity (Wildman–Crippen MR) is 104 cm³/mol. The van der Waals surface area contributed by atoms with Gasteiger partial charge in [-0.3, -0.25) is 9.78 Å². The van der Waals surface area contributed by atoms with E-state index in [-0.39, 0.29) is 5.56 Å². The zero-order valence-electron chi connectivity index (χ0n) is 15.1. The fourth-order valence-corrected chi connectivity index (χ4v) is 3.73. The lowest BCUT2D eigenvalue weighted by atomic mass is 9.85. The number of hydrogen-bond donors (Lipinski definition) is 1. The summed E-state index contributed by atoms with van der Waals surface area (Å²) in [5.41, 5.74) is 4.01. The fraction of sp³-hybridized carbons (Fsp3) is 0.381. The van der Waals surface area contributed by atoms with Crippen LogP contribution in [-0.4, -0.2) is 14.5 Å². The van der Waals surface area contributed by atoms with Gasteiger partial charge in [0, 0.05) is 18.9 Å². The van der Waals surface area contributed by atoms with Crippen molar-refractivity contribution in [2.75, 3.05) is 5.32 Å². The average molecular weight is 348 g/mol. The second-order valence-electron chi connectivity index (χ2n) is 7.16. The molecule has 2 heterocycles. The highest BCUT2D eigenvalue weighted by atomic mass is 16.1. The van der Waals surface area contributed by atoms with Crippen molar-refractivity contribution in [3.8, 4) is 0 Å². The fourth-order valence-electron chi connectivity index (χ4n) is 3.73. The lowest BCUT2D eigenvalue weighted by Crippen LogP contribution is -2.16. The molecule has 1 aliphatic carbocycles. The number of anilines is 1. The Balaban J connectivity index is 1.44. The van der Waals surface area contributed by atoms with Gasteiger partial charge >= 0.3 is 0 Å². The highest BCUT2D eigenvalue weighted by molar-refractivity contribution is 5.81. The van der Waals surface area contributed by atoms with Gasteiger partial charge in [-0.05, 0) is 48.6 Å². The number of rotatable bonds is 4. The topological polar surface area (TPSA) is 59.8 Å². The molecular weight excluding hydrogens is 324 g/mol. The minimum atomic E-state index is -0.0264. The number of nitrogens with one attached hydrogen (secondary N) is 1. The Morgan fingerprint density at radius 1 is 1.12 bits per heavy atom. The molecule has 0 bridgehead atoms. The summed E-state index contributed by atoms with van der Waals surface area (Å²) in [5.74, 6) is 0.687. The van der Waals surface area contributed by atoms with Gasteiger partial charge in [0.2, 0.25) is 0 Å². The Kier molecular flexibility index (Phi) is 4.69. The second kappa shape index (κ2) is 7.28. The Hall–Kier alpha value is -2.69. The standard InChI is InChI=1S/C21H24N4O/c1-25-14-24-20-11-17(9-10-19(20)21(25)26)23-13-18-8-7-16(12-22-18)15-5-3-2-4-6-15/h7-12,14-15,23H,2-6,13H2,1H3. The molecule has 0 amide bonds. The van der Waals surface area contributed by atoms with Gasteiger partial charge in [0.05, 0.1) is 29.5 Å². The molecule has 3 aromatic rings. The van der Waals surface area contributed by atoms with Gasteiger partial charge in [0.1, 0.15) is 0 Å². The first kappa shape index (κ1) is 16.8. The summed E-state index contributed by atoms with van der Waals surface area (Å²) in [5, 5.41) is 4.01. The summed E-state index contributed by atoms with van der Waals surface area (Å²) in [4.78, 5) is 21.0. The largest absolute Gasteiger partial charge is 0.379 e. The summed E-state index contributed by atoms with van der Waals surface area (Å²) >= 11 is 0. The molecule has 0 spiro atoms. The molecule has 1 N–H and O–H groups in total. The van der Waals surface area contributed by atoms with Gasteiger partial charge in [-0.2, -0.15) is 0 Å². The summed E-state index contributed by atoms with van der Waals surface area (Å²) in [7, 11) is 1.71. The van der Waals surface area contributed by atoms with Crippen LogP contribution in [0.4, 0.5) is 5.69 Å². The third kappa shape index (κ3) is 3.47. The van der Waals surface area contributed by atoms with E-state index in [1.807, 2.05) is 24.4 Å². The van der Waals surface area contributed by atoms with Crippen LogP contribution in [0.3, 0.4) is 0 Å². The van der Waals surface area contributed by atoms with Gasteiger partial charge in [0.25, 0.3) is 5.56 Å². The Bertz CT molecular complexity index is 956. The van der Waals surface area contributed by atoms with Gasteiger partial charge in [-0.15, -0.1) is 0 Å². The van der Waals surface area contributed by atoms with Crippen molar-refractivity contribution in [3.05, 3.63) is 64.5 Å². The van der Waals surface area contributed by atoms with E-state index < -0.39 is 0 Å². The quantitative estimate of drug-likeness (QED) is 0.774. The first-order chi connectivity index (χ1) is 12.7. The predicted octanol–water partition coefficient (Wildman–Crippen LogP) is 3.99. The molecule has 0 radical (unpaired) electrons. The average Bonchev–Trinajstić information content (AvgIpc) is 2.70. The Morgan fingerprint density at radius 3 is 2.73 bits per heavy atom. The van der Waals surface area contributed by atoms with Crippen LogP contribution in [0.15, 0.2) is 47.7 Å². The monoisotopic (exact) mass is 348 g/mol. The molecule has 5 nitrogen and oxygen atoms in total. The van der Waals surface area contributed by atoms with Crippen LogP contribution in [0.2, 0.25) is 0 Å². The van der Waals surface area contributed by atoms with Crippen LogP contribution in [0, 0.1) is 0 Å². The highest BCUT2D eigenvalue weighted by Gasteiger charge is 2.15. The number of pyridine rings is 1. The van der Waals surface area contributed by atoms with E-state index in [0.29, 0.717) is 23.4 Å². The van der Waals surface area contributed by atoms with E-state index in [2.05, 4.69) is 27.4 Å². The van der Waals surface area contributed by atoms with Crippen molar-refractivity contribution in [1.29, 1.82) is 0 Å². The molecule has 0 unspecified atom stereocenters. The van der Waals surface area contributed by atoms with Crippen molar-refractivity contribution in [1.82, 2.24) is 14.5 Å². The zero-order valence-corrected chi connectivity index (χ0v) is 15.1. The third-order valence-corrected chi connectivity index (χ3v) is 5.32. The van der Waals surface area contributed by atoms with Crippen LogP contribution < -0.4 is 10.9 Å². The summed E-state index contributed by atoms with van der Waals surface area (Å²) in [6, 6.07) is 10.00. The normalized spacial score (nSPS) is 15.3. The number of fused-ring (bicyclic) bond motifs is 1. The van der Waals surface area contributed by atoms with Crippen molar-refractivity contribution < 1.29 is 0 Å². The molecule has 0 saturated heterocycles. The van der Waals surface area contributed by atoms with E-state index in [0.717, 1.165) is 11.4 Å². The molecule has 1 saturated carbocycles. The highest BCUT2D eigenvalue weighted by Crippen LogP contribution is 2.32. The SMILES string of the molecule is Cn1cnc2cc(NCc3ccc(C4CCCCC4)cn3)ccc2c1=O. The van der Waals surface area contributed by atoms with E-state index in [9.17, 15) is 4.79 Å². The molecule has 4 rings (SSSR count). The number of benzene rings is 1. The molecule has 5 heteroatoms. The minimum absolute atomic E-state index is 0.0264. The van der Waals surface area contributed by atoms with Crippen LogP contribution in [-0.2, 0) is 13.6 Å². The Labute approximate surface area is 153 Å². The lowest BCUT2D eigenvalue weighted by Gasteiger charge is -2.21. The van der Waals surface area contributed by atoms with Gasteiger partial charge < -0.3 is 9.88 Å². The molecule has 1 fully saturated rings. The van der Waals surface area contributed by atoms with Crippen LogP contribution in [0.5, 0.6) is 0 Å². The first-order valence-electron chi connectivity index (χ1n) is 9.35. The van der Waals surface area contributed by atoms with Crippen molar-refractivity contribution in [2.45, 2.75) is 44.6 Å². The van der Waals surface area contributed by atoms with Crippen LogP contribution in [0.25, 0.3) is 10.9 Å². The molecule has 2 aromatic heterocycles. The minimum Gasteiger partial charge on any atom is -0.379 e. The summed E-state index contributed by atoms with van der Waals surface area (Å²) in [6.45, 7) is 0.654. The smallest absolute Gasteiger partial charge is 0.260 e. The zero-order chi connectivity index (χ0) is 17.9. The molecule has 26 heavy (non-hydrogen) atoms. The summed E-state index contributed by atoms with van der Waals surface area (Å²) < 4.78 is 1.49. The van der Waals surface area contributed by atoms with Crippen molar-refractivity contribution in [2.24, 2.45) is 7.05 Å². The number of aromatic nitrogens is 3. The van der Waals surface area contributed by atoms with E-state index in [4.69, 9.17) is 0 Å². The second-order valence-corrected chi connectivity index (χ2v) is 7.16. The van der Waals surface area contributed by atoms with Crippen LogP contribution >= 0.6 is 0 Å². The summed E-state index contributed by atoms with van der Waals surface area (Å²) in [6.07, 6.45) is 10.2. The van der Waals surface area contributed by atoms with Crippen LogP contribution in [0.1, 0.15) is 49.3 Å².